The predicted molar refractivity (Wildman–Crippen MR) is 137 cm³/mol. The Morgan fingerprint density at radius 3 is 2.41 bits per heavy atom. The third kappa shape index (κ3) is 4.52. The van der Waals surface area contributed by atoms with Gasteiger partial charge in [0, 0.05) is 36.8 Å². The van der Waals surface area contributed by atoms with Crippen LogP contribution in [0.3, 0.4) is 0 Å². The van der Waals surface area contributed by atoms with Gasteiger partial charge in [0.1, 0.15) is 11.3 Å². The number of nitrogens with one attached hydrogen (secondary N) is 1. The summed E-state index contributed by atoms with van der Waals surface area (Å²) in [5.41, 5.74) is 5.83. The van der Waals surface area contributed by atoms with Crippen molar-refractivity contribution in [2.75, 3.05) is 31.1 Å². The fourth-order valence-corrected chi connectivity index (χ4v) is 4.72. The van der Waals surface area contributed by atoms with Crippen LogP contribution < -0.4 is 10.2 Å². The second-order valence-electron chi connectivity index (χ2n) is 8.72. The van der Waals surface area contributed by atoms with E-state index in [2.05, 4.69) is 26.6 Å². The number of fused-ring (bicyclic) bond motifs is 1. The van der Waals surface area contributed by atoms with E-state index >= 15 is 0 Å². The Kier molecular flexibility index (Phi) is 6.28. The fourth-order valence-electron chi connectivity index (χ4n) is 4.50. The molecule has 0 amide bonds. The van der Waals surface area contributed by atoms with Crippen LogP contribution >= 0.6 is 11.6 Å². The van der Waals surface area contributed by atoms with Gasteiger partial charge in [0.2, 0.25) is 5.95 Å². The lowest BCUT2D eigenvalue weighted by molar-refractivity contribution is 0.571. The van der Waals surface area contributed by atoms with Crippen molar-refractivity contribution >= 4 is 28.6 Å². The van der Waals surface area contributed by atoms with Gasteiger partial charge >= 0.3 is 0 Å². The number of hydrogen-bond acceptors (Lipinski definition) is 3. The molecule has 0 bridgehead atoms. The number of aromatic nitrogens is 2. The summed E-state index contributed by atoms with van der Waals surface area (Å²) in [4.78, 5) is 7.37. The first kappa shape index (κ1) is 22.5. The first-order valence-corrected chi connectivity index (χ1v) is 11.9. The second kappa shape index (κ2) is 9.50. The molecule has 0 aliphatic carbocycles. The van der Waals surface area contributed by atoms with E-state index in [1.165, 1.54) is 0 Å². The molecule has 1 aliphatic heterocycles. The molecule has 5 rings (SSSR count). The number of aryl methyl sites for hydroxylation is 2. The largest absolute Gasteiger partial charge is 0.340 e. The van der Waals surface area contributed by atoms with Crippen molar-refractivity contribution in [3.63, 3.8) is 0 Å². The second-order valence-corrected chi connectivity index (χ2v) is 9.15. The predicted octanol–water partition coefficient (Wildman–Crippen LogP) is 5.30. The Morgan fingerprint density at radius 2 is 1.71 bits per heavy atom. The Hall–Kier alpha value is -3.33. The van der Waals surface area contributed by atoms with Crippen molar-refractivity contribution in [3.05, 3.63) is 93.3 Å². The topological polar surface area (TPSA) is 33.1 Å². The quantitative estimate of drug-likeness (QED) is 0.410. The molecule has 1 saturated heterocycles. The van der Waals surface area contributed by atoms with Crippen LogP contribution in [0.25, 0.3) is 11.0 Å². The molecule has 0 atom stereocenters. The van der Waals surface area contributed by atoms with Gasteiger partial charge in [-0.2, -0.15) is 0 Å². The minimum Gasteiger partial charge on any atom is -0.340 e. The molecule has 0 saturated carbocycles. The van der Waals surface area contributed by atoms with Crippen LogP contribution in [0.5, 0.6) is 0 Å². The molecule has 1 aliphatic rings. The van der Waals surface area contributed by atoms with Gasteiger partial charge in [-0.05, 0) is 54.8 Å². The smallest absolute Gasteiger partial charge is 0.207 e. The third-order valence-electron chi connectivity index (χ3n) is 6.15. The molecule has 34 heavy (non-hydrogen) atoms. The lowest BCUT2D eigenvalue weighted by Gasteiger charge is -2.29. The molecule has 6 heteroatoms. The monoisotopic (exact) mass is 472 g/mol. The summed E-state index contributed by atoms with van der Waals surface area (Å²) in [5, 5.41) is 4.02. The Morgan fingerprint density at radius 1 is 1.00 bits per heavy atom. The fraction of sp³-hybridized carbons (Fsp3) is 0.250. The summed E-state index contributed by atoms with van der Waals surface area (Å²) in [6.07, 6.45) is 0. The lowest BCUT2D eigenvalue weighted by Crippen LogP contribution is -2.44. The number of anilines is 1. The summed E-state index contributed by atoms with van der Waals surface area (Å²) in [7, 11) is 0. The van der Waals surface area contributed by atoms with Crippen LogP contribution in [-0.2, 0) is 6.54 Å². The zero-order valence-corrected chi connectivity index (χ0v) is 20.1. The Labute approximate surface area is 204 Å². The van der Waals surface area contributed by atoms with Gasteiger partial charge in [-0.15, -0.1) is 0 Å². The van der Waals surface area contributed by atoms with Gasteiger partial charge < -0.3 is 14.8 Å². The van der Waals surface area contributed by atoms with Gasteiger partial charge in [0.05, 0.1) is 17.6 Å². The van der Waals surface area contributed by atoms with E-state index in [4.69, 9.17) is 16.6 Å². The first-order chi connectivity index (χ1) is 16.5. The normalized spacial score (nSPS) is 13.7. The van der Waals surface area contributed by atoms with Crippen molar-refractivity contribution in [3.8, 4) is 11.8 Å². The maximum atomic E-state index is 14.3. The third-order valence-corrected chi connectivity index (χ3v) is 6.37. The first-order valence-electron chi connectivity index (χ1n) is 11.5. The average Bonchev–Trinajstić information content (AvgIpc) is 3.20. The summed E-state index contributed by atoms with van der Waals surface area (Å²) >= 11 is 6.56. The van der Waals surface area contributed by atoms with Gasteiger partial charge in [-0.25, -0.2) is 9.37 Å². The van der Waals surface area contributed by atoms with E-state index < -0.39 is 0 Å². The molecule has 0 radical (unpaired) electrons. The highest BCUT2D eigenvalue weighted by atomic mass is 35.5. The van der Waals surface area contributed by atoms with Crippen molar-refractivity contribution in [2.45, 2.75) is 20.4 Å². The maximum absolute atomic E-state index is 14.3. The van der Waals surface area contributed by atoms with Crippen LogP contribution in [0.1, 0.15) is 27.8 Å². The van der Waals surface area contributed by atoms with Crippen LogP contribution in [-0.4, -0.2) is 35.7 Å². The van der Waals surface area contributed by atoms with E-state index in [9.17, 15) is 4.39 Å². The standard InChI is InChI=1S/C28H26ClFN4/c1-19-14-22(15-20(2)26(19)30)18-34-25-17-24(29)16-23(9-8-21-6-4-3-5-7-21)27(25)32-28(34)33-12-10-31-11-13-33/h3-7,14-17,31H,10-13,18H2,1-2H3. The molecule has 0 unspecified atom stereocenters. The van der Waals surface area contributed by atoms with Gasteiger partial charge in [-0.1, -0.05) is 53.8 Å². The zero-order valence-electron chi connectivity index (χ0n) is 19.3. The molecule has 2 heterocycles. The molecule has 4 nitrogen and oxygen atoms in total. The number of hydrogen-bond donors (Lipinski definition) is 1. The van der Waals surface area contributed by atoms with E-state index in [-0.39, 0.29) is 5.82 Å². The highest BCUT2D eigenvalue weighted by molar-refractivity contribution is 6.31. The summed E-state index contributed by atoms with van der Waals surface area (Å²) < 4.78 is 16.5. The highest BCUT2D eigenvalue weighted by Crippen LogP contribution is 2.30. The molecule has 0 spiro atoms. The SMILES string of the molecule is Cc1cc(Cn2c(N3CCNCC3)nc3c(C#Cc4ccccc4)cc(Cl)cc32)cc(C)c1F. The van der Waals surface area contributed by atoms with Crippen LogP contribution in [0, 0.1) is 31.5 Å². The van der Waals surface area contributed by atoms with Crippen molar-refractivity contribution in [1.82, 2.24) is 14.9 Å². The molecule has 1 fully saturated rings. The molecule has 1 aromatic heterocycles. The van der Waals surface area contributed by atoms with E-state index in [0.29, 0.717) is 22.7 Å². The van der Waals surface area contributed by atoms with Crippen LogP contribution in [0.2, 0.25) is 5.02 Å². The van der Waals surface area contributed by atoms with E-state index in [1.54, 1.807) is 0 Å². The Bertz CT molecular complexity index is 1390. The number of halogens is 2. The number of imidazole rings is 1. The number of rotatable bonds is 3. The molecule has 172 valence electrons. The molecule has 4 aromatic rings. The van der Waals surface area contributed by atoms with Crippen molar-refractivity contribution < 1.29 is 4.39 Å². The Balaban J connectivity index is 1.66. The van der Waals surface area contributed by atoms with Crippen LogP contribution in [0.15, 0.2) is 54.6 Å². The summed E-state index contributed by atoms with van der Waals surface area (Å²) in [6, 6.07) is 17.5. The molecule has 1 N–H and O–H groups in total. The average molecular weight is 473 g/mol. The minimum absolute atomic E-state index is 0.150. The maximum Gasteiger partial charge on any atom is 0.207 e. The number of piperazine rings is 1. The van der Waals surface area contributed by atoms with E-state index in [1.807, 2.05) is 68.4 Å². The van der Waals surface area contributed by atoms with Gasteiger partial charge in [0.15, 0.2) is 0 Å². The van der Waals surface area contributed by atoms with Gasteiger partial charge in [-0.3, -0.25) is 0 Å². The molecular weight excluding hydrogens is 447 g/mol. The summed E-state index contributed by atoms with van der Waals surface area (Å²) in [6.45, 7) is 7.72. The van der Waals surface area contributed by atoms with Gasteiger partial charge in [0.25, 0.3) is 0 Å². The number of benzene rings is 3. The summed E-state index contributed by atoms with van der Waals surface area (Å²) in [5.74, 6) is 7.26. The lowest BCUT2D eigenvalue weighted by atomic mass is 10.1. The molecular formula is C28H26ClFN4. The van der Waals surface area contributed by atoms with Crippen molar-refractivity contribution in [1.29, 1.82) is 0 Å². The van der Waals surface area contributed by atoms with E-state index in [0.717, 1.165) is 59.9 Å². The highest BCUT2D eigenvalue weighted by Gasteiger charge is 2.21. The minimum atomic E-state index is -0.150. The zero-order chi connectivity index (χ0) is 23.7. The number of nitrogens with zero attached hydrogens (tertiary/aromatic N) is 3. The van der Waals surface area contributed by atoms with Crippen molar-refractivity contribution in [2.24, 2.45) is 0 Å². The van der Waals surface area contributed by atoms with Crippen LogP contribution in [0.4, 0.5) is 10.3 Å². The molecule has 3 aromatic carbocycles.